The number of methoxy groups -OCH3 is 1. The summed E-state index contributed by atoms with van der Waals surface area (Å²) in [5.41, 5.74) is 1.96. The van der Waals surface area contributed by atoms with Crippen LogP contribution in [0, 0.1) is 0 Å². The Bertz CT molecular complexity index is 698. The van der Waals surface area contributed by atoms with E-state index in [-0.39, 0.29) is 11.4 Å². The highest BCUT2D eigenvalue weighted by Gasteiger charge is 2.36. The highest BCUT2D eigenvalue weighted by molar-refractivity contribution is 5.92. The van der Waals surface area contributed by atoms with E-state index in [2.05, 4.69) is 17.4 Å². The normalized spacial score (nSPS) is 16.2. The predicted molar refractivity (Wildman–Crippen MR) is 96.8 cm³/mol. The number of hydrogen-bond acceptors (Lipinski definition) is 2. The van der Waals surface area contributed by atoms with Gasteiger partial charge in [0.1, 0.15) is 5.75 Å². The fourth-order valence-electron chi connectivity index (χ4n) is 3.39. The van der Waals surface area contributed by atoms with E-state index in [1.807, 2.05) is 48.5 Å². The van der Waals surface area contributed by atoms with Crippen molar-refractivity contribution in [2.24, 2.45) is 0 Å². The third kappa shape index (κ3) is 3.67. The van der Waals surface area contributed by atoms with Crippen molar-refractivity contribution >= 4 is 12.0 Å². The Kier molecular flexibility index (Phi) is 4.99. The second-order valence-corrected chi connectivity index (χ2v) is 6.25. The Morgan fingerprint density at radius 3 is 2.33 bits per heavy atom. The summed E-state index contributed by atoms with van der Waals surface area (Å²) in [6.45, 7) is 0. The highest BCUT2D eigenvalue weighted by atomic mass is 16.5. The molecule has 0 saturated heterocycles. The minimum atomic E-state index is -0.220. The van der Waals surface area contributed by atoms with E-state index in [9.17, 15) is 4.79 Å². The summed E-state index contributed by atoms with van der Waals surface area (Å²) in [6.07, 6.45) is 7.75. The van der Waals surface area contributed by atoms with Crippen molar-refractivity contribution in [1.82, 2.24) is 5.32 Å². The van der Waals surface area contributed by atoms with Crippen LogP contribution in [0.4, 0.5) is 0 Å². The molecule has 1 aliphatic carbocycles. The quantitative estimate of drug-likeness (QED) is 0.834. The van der Waals surface area contributed by atoms with E-state index in [1.54, 1.807) is 13.2 Å². The maximum atomic E-state index is 12.5. The van der Waals surface area contributed by atoms with Crippen molar-refractivity contribution in [2.75, 3.05) is 7.11 Å². The van der Waals surface area contributed by atoms with Gasteiger partial charge in [-0.05, 0) is 42.2 Å². The first-order valence-electron chi connectivity index (χ1n) is 8.42. The van der Waals surface area contributed by atoms with E-state index < -0.39 is 0 Å². The molecule has 0 unspecified atom stereocenters. The molecule has 1 N–H and O–H groups in total. The predicted octanol–water partition coefficient (Wildman–Crippen LogP) is 4.29. The fourth-order valence-corrected chi connectivity index (χ4v) is 3.39. The number of nitrogens with one attached hydrogen (secondary N) is 1. The average Bonchev–Trinajstić information content (AvgIpc) is 3.11. The number of amides is 1. The first-order valence-corrected chi connectivity index (χ1v) is 8.42. The number of carbonyl (C=O) groups excluding carboxylic acids is 1. The zero-order valence-corrected chi connectivity index (χ0v) is 14.0. The molecule has 0 bridgehead atoms. The molecular weight excluding hydrogens is 298 g/mol. The Balaban J connectivity index is 1.71. The summed E-state index contributed by atoms with van der Waals surface area (Å²) in [4.78, 5) is 12.5. The molecule has 124 valence electrons. The lowest BCUT2D eigenvalue weighted by Gasteiger charge is -2.30. The zero-order valence-electron chi connectivity index (χ0n) is 14.0. The molecule has 1 amide bonds. The summed E-state index contributed by atoms with van der Waals surface area (Å²) in [6, 6.07) is 18.0. The van der Waals surface area contributed by atoms with Crippen LogP contribution in [-0.4, -0.2) is 13.0 Å². The van der Waals surface area contributed by atoms with E-state index >= 15 is 0 Å². The van der Waals surface area contributed by atoms with Gasteiger partial charge in [-0.3, -0.25) is 4.79 Å². The van der Waals surface area contributed by atoms with Gasteiger partial charge < -0.3 is 10.1 Å². The molecule has 2 aromatic carbocycles. The third-order valence-corrected chi connectivity index (χ3v) is 4.69. The van der Waals surface area contributed by atoms with Crippen LogP contribution in [0.1, 0.15) is 36.8 Å². The first kappa shape index (κ1) is 16.3. The van der Waals surface area contributed by atoms with Gasteiger partial charge in [0.2, 0.25) is 5.91 Å². The summed E-state index contributed by atoms with van der Waals surface area (Å²) in [5.74, 6) is 0.766. The zero-order chi connectivity index (χ0) is 16.8. The number of benzene rings is 2. The number of carbonyl (C=O) groups is 1. The van der Waals surface area contributed by atoms with Crippen molar-refractivity contribution in [3.63, 3.8) is 0 Å². The van der Waals surface area contributed by atoms with Gasteiger partial charge in [0.25, 0.3) is 0 Å². The van der Waals surface area contributed by atoms with Crippen LogP contribution in [-0.2, 0) is 10.3 Å². The Morgan fingerprint density at radius 2 is 1.71 bits per heavy atom. The minimum Gasteiger partial charge on any atom is -0.497 e. The molecule has 1 saturated carbocycles. The summed E-state index contributed by atoms with van der Waals surface area (Å²) in [5, 5.41) is 3.25. The molecule has 0 aromatic heterocycles. The van der Waals surface area contributed by atoms with Gasteiger partial charge in [-0.15, -0.1) is 0 Å². The molecule has 0 atom stereocenters. The SMILES string of the molecule is COc1ccc(/C=C/C(=O)NC2(c3ccccc3)CCCC2)cc1. The van der Waals surface area contributed by atoms with Gasteiger partial charge in [-0.2, -0.15) is 0 Å². The van der Waals surface area contributed by atoms with Crippen LogP contribution >= 0.6 is 0 Å². The van der Waals surface area contributed by atoms with Crippen molar-refractivity contribution in [3.05, 3.63) is 71.8 Å². The molecule has 3 nitrogen and oxygen atoms in total. The molecule has 3 heteroatoms. The molecule has 1 aliphatic rings. The van der Waals surface area contributed by atoms with Crippen molar-refractivity contribution < 1.29 is 9.53 Å². The van der Waals surface area contributed by atoms with Gasteiger partial charge in [-0.1, -0.05) is 55.3 Å². The van der Waals surface area contributed by atoms with Gasteiger partial charge in [0, 0.05) is 6.08 Å². The Morgan fingerprint density at radius 1 is 1.04 bits per heavy atom. The lowest BCUT2D eigenvalue weighted by molar-refractivity contribution is -0.118. The first-order chi connectivity index (χ1) is 11.7. The van der Waals surface area contributed by atoms with Crippen LogP contribution in [0.3, 0.4) is 0 Å². The van der Waals surface area contributed by atoms with E-state index in [0.717, 1.165) is 37.0 Å². The second kappa shape index (κ2) is 7.35. The van der Waals surface area contributed by atoms with Crippen LogP contribution in [0.5, 0.6) is 5.75 Å². The van der Waals surface area contributed by atoms with Crippen molar-refractivity contribution in [1.29, 1.82) is 0 Å². The monoisotopic (exact) mass is 321 g/mol. The maximum Gasteiger partial charge on any atom is 0.244 e. The van der Waals surface area contributed by atoms with Gasteiger partial charge in [0.05, 0.1) is 12.6 Å². The minimum absolute atomic E-state index is 0.0448. The van der Waals surface area contributed by atoms with Crippen molar-refractivity contribution in [3.8, 4) is 5.75 Å². The summed E-state index contributed by atoms with van der Waals surface area (Å²) >= 11 is 0. The molecule has 0 spiro atoms. The number of hydrogen-bond donors (Lipinski definition) is 1. The summed E-state index contributed by atoms with van der Waals surface area (Å²) in [7, 11) is 1.64. The standard InChI is InChI=1S/C21H23NO2/c1-24-19-12-9-17(10-13-19)11-14-20(23)22-21(15-5-6-16-21)18-7-3-2-4-8-18/h2-4,7-14H,5-6,15-16H2,1H3,(H,22,23)/b14-11+. The van der Waals surface area contributed by atoms with Crippen LogP contribution in [0.25, 0.3) is 6.08 Å². The smallest absolute Gasteiger partial charge is 0.244 e. The average molecular weight is 321 g/mol. The van der Waals surface area contributed by atoms with E-state index in [4.69, 9.17) is 4.74 Å². The Labute approximate surface area is 143 Å². The highest BCUT2D eigenvalue weighted by Crippen LogP contribution is 2.38. The van der Waals surface area contributed by atoms with Crippen LogP contribution in [0.15, 0.2) is 60.7 Å². The molecule has 0 aliphatic heterocycles. The molecule has 3 rings (SSSR count). The molecular formula is C21H23NO2. The largest absolute Gasteiger partial charge is 0.497 e. The van der Waals surface area contributed by atoms with Crippen LogP contribution in [0.2, 0.25) is 0 Å². The van der Waals surface area contributed by atoms with E-state index in [0.29, 0.717) is 0 Å². The molecule has 2 aromatic rings. The molecule has 0 radical (unpaired) electrons. The van der Waals surface area contributed by atoms with Gasteiger partial charge in [0.15, 0.2) is 0 Å². The Hall–Kier alpha value is -2.55. The topological polar surface area (TPSA) is 38.3 Å². The summed E-state index contributed by atoms with van der Waals surface area (Å²) < 4.78 is 5.14. The van der Waals surface area contributed by atoms with E-state index in [1.165, 1.54) is 5.56 Å². The number of rotatable bonds is 5. The van der Waals surface area contributed by atoms with Crippen molar-refractivity contribution in [2.45, 2.75) is 31.2 Å². The second-order valence-electron chi connectivity index (χ2n) is 6.25. The van der Waals surface area contributed by atoms with Gasteiger partial charge >= 0.3 is 0 Å². The fraction of sp³-hybridized carbons (Fsp3) is 0.286. The molecule has 0 heterocycles. The lowest BCUT2D eigenvalue weighted by atomic mass is 9.88. The van der Waals surface area contributed by atoms with Crippen LogP contribution < -0.4 is 10.1 Å². The number of ether oxygens (including phenoxy) is 1. The maximum absolute atomic E-state index is 12.5. The third-order valence-electron chi connectivity index (χ3n) is 4.69. The lowest BCUT2D eigenvalue weighted by Crippen LogP contribution is -2.43. The van der Waals surface area contributed by atoms with Gasteiger partial charge in [-0.25, -0.2) is 0 Å². The molecule has 24 heavy (non-hydrogen) atoms. The molecule has 1 fully saturated rings.